The monoisotopic (exact) mass is 463 g/mol. The van der Waals surface area contributed by atoms with E-state index in [1.807, 2.05) is 74.2 Å². The molecule has 0 radical (unpaired) electrons. The Balaban J connectivity index is 1.50. The van der Waals surface area contributed by atoms with Gasteiger partial charge >= 0.3 is 6.03 Å². The number of carbonyl (C=O) groups excluding carboxylic acids is 1. The molecule has 2 heterocycles. The van der Waals surface area contributed by atoms with Gasteiger partial charge < -0.3 is 15.1 Å². The summed E-state index contributed by atoms with van der Waals surface area (Å²) in [5.41, 5.74) is 5.24. The minimum absolute atomic E-state index is 0.0566. The second-order valence-electron chi connectivity index (χ2n) is 8.59. The summed E-state index contributed by atoms with van der Waals surface area (Å²) in [6, 6.07) is 15.7. The standard InChI is InChI=1S/C26H30ClN5O/c1-18-6-4-7-23(16-18)30-26(33)32-13-5-12-31(14-15-32)25-24(19(2)28-20(3)29-25)17-21-8-10-22(27)11-9-21/h4,6-11,16H,5,12-15,17H2,1-3H3,(H,30,33). The van der Waals surface area contributed by atoms with Crippen LogP contribution < -0.4 is 10.2 Å². The molecule has 7 heteroatoms. The summed E-state index contributed by atoms with van der Waals surface area (Å²) >= 11 is 6.07. The van der Waals surface area contributed by atoms with Crippen LogP contribution in [0.5, 0.6) is 0 Å². The van der Waals surface area contributed by atoms with E-state index in [4.69, 9.17) is 16.6 Å². The van der Waals surface area contributed by atoms with Gasteiger partial charge in [0.25, 0.3) is 0 Å². The topological polar surface area (TPSA) is 61.4 Å². The van der Waals surface area contributed by atoms with Gasteiger partial charge in [-0.3, -0.25) is 0 Å². The number of nitrogens with zero attached hydrogens (tertiary/aromatic N) is 4. The highest BCUT2D eigenvalue weighted by molar-refractivity contribution is 6.30. The largest absolute Gasteiger partial charge is 0.354 e. The summed E-state index contributed by atoms with van der Waals surface area (Å²) < 4.78 is 0. The summed E-state index contributed by atoms with van der Waals surface area (Å²) in [4.78, 5) is 26.5. The number of benzene rings is 2. The fourth-order valence-corrected chi connectivity index (χ4v) is 4.38. The number of carbonyl (C=O) groups is 1. The molecular weight excluding hydrogens is 434 g/mol. The predicted octanol–water partition coefficient (Wildman–Crippen LogP) is 5.39. The number of rotatable bonds is 4. The number of hydrogen-bond donors (Lipinski definition) is 1. The Labute approximate surface area is 200 Å². The summed E-state index contributed by atoms with van der Waals surface area (Å²) in [6.07, 6.45) is 1.62. The van der Waals surface area contributed by atoms with Crippen molar-refractivity contribution in [2.24, 2.45) is 0 Å². The predicted molar refractivity (Wildman–Crippen MR) is 134 cm³/mol. The van der Waals surface area contributed by atoms with Crippen molar-refractivity contribution < 1.29 is 4.79 Å². The average molecular weight is 464 g/mol. The Morgan fingerprint density at radius 3 is 2.55 bits per heavy atom. The van der Waals surface area contributed by atoms with Gasteiger partial charge in [-0.25, -0.2) is 14.8 Å². The Morgan fingerprint density at radius 2 is 1.79 bits per heavy atom. The van der Waals surface area contributed by atoms with Crippen molar-refractivity contribution in [1.82, 2.24) is 14.9 Å². The first-order chi connectivity index (χ1) is 15.9. The molecule has 1 aliphatic heterocycles. The molecule has 1 saturated heterocycles. The number of urea groups is 1. The molecule has 0 aliphatic carbocycles. The highest BCUT2D eigenvalue weighted by Crippen LogP contribution is 2.26. The lowest BCUT2D eigenvalue weighted by Crippen LogP contribution is -2.38. The van der Waals surface area contributed by atoms with Crippen molar-refractivity contribution in [1.29, 1.82) is 0 Å². The number of halogens is 1. The van der Waals surface area contributed by atoms with Gasteiger partial charge in [0.1, 0.15) is 11.6 Å². The molecule has 1 fully saturated rings. The van der Waals surface area contributed by atoms with Gasteiger partial charge in [0.05, 0.1) is 0 Å². The number of anilines is 2. The molecule has 0 bridgehead atoms. The molecule has 2 amide bonds. The molecule has 0 atom stereocenters. The first kappa shape index (κ1) is 23.1. The number of aryl methyl sites for hydroxylation is 3. The second kappa shape index (κ2) is 10.2. The van der Waals surface area contributed by atoms with Crippen molar-refractivity contribution in [2.75, 3.05) is 36.4 Å². The average Bonchev–Trinajstić information content (AvgIpc) is 3.03. The van der Waals surface area contributed by atoms with Crippen molar-refractivity contribution in [2.45, 2.75) is 33.6 Å². The Hall–Kier alpha value is -3.12. The van der Waals surface area contributed by atoms with Crippen LogP contribution in [-0.2, 0) is 6.42 Å². The third-order valence-corrected chi connectivity index (χ3v) is 6.20. The summed E-state index contributed by atoms with van der Waals surface area (Å²) in [5.74, 6) is 1.73. The minimum Gasteiger partial charge on any atom is -0.354 e. The molecule has 0 saturated carbocycles. The van der Waals surface area contributed by atoms with E-state index in [1.165, 1.54) is 5.56 Å². The molecule has 1 N–H and O–H groups in total. The lowest BCUT2D eigenvalue weighted by molar-refractivity contribution is 0.215. The summed E-state index contributed by atoms with van der Waals surface area (Å²) in [5, 5.41) is 3.76. The third-order valence-electron chi connectivity index (χ3n) is 5.95. The molecule has 2 aromatic carbocycles. The molecule has 0 spiro atoms. The maximum Gasteiger partial charge on any atom is 0.321 e. The Morgan fingerprint density at radius 1 is 1.00 bits per heavy atom. The zero-order valence-corrected chi connectivity index (χ0v) is 20.2. The first-order valence-corrected chi connectivity index (χ1v) is 11.7. The van der Waals surface area contributed by atoms with E-state index in [9.17, 15) is 4.79 Å². The molecule has 1 aliphatic rings. The third kappa shape index (κ3) is 5.82. The van der Waals surface area contributed by atoms with Gasteiger partial charge in [-0.05, 0) is 62.6 Å². The van der Waals surface area contributed by atoms with E-state index in [1.54, 1.807) is 0 Å². The van der Waals surface area contributed by atoms with Crippen LogP contribution in [0, 0.1) is 20.8 Å². The van der Waals surface area contributed by atoms with Crippen molar-refractivity contribution in [3.05, 3.63) is 81.8 Å². The SMILES string of the molecule is Cc1cccc(NC(=O)N2CCCN(c3nc(C)nc(C)c3Cc3ccc(Cl)cc3)CC2)c1. The van der Waals surface area contributed by atoms with Crippen LogP contribution in [0.2, 0.25) is 5.02 Å². The van der Waals surface area contributed by atoms with Gasteiger partial charge in [0.15, 0.2) is 0 Å². The van der Waals surface area contributed by atoms with Crippen molar-refractivity contribution in [3.8, 4) is 0 Å². The van der Waals surface area contributed by atoms with Crippen LogP contribution in [0.1, 0.15) is 34.6 Å². The van der Waals surface area contributed by atoms with Gasteiger partial charge in [-0.15, -0.1) is 0 Å². The minimum atomic E-state index is -0.0566. The quantitative estimate of drug-likeness (QED) is 0.563. The van der Waals surface area contributed by atoms with Gasteiger partial charge in [0.2, 0.25) is 0 Å². The first-order valence-electron chi connectivity index (χ1n) is 11.3. The van der Waals surface area contributed by atoms with Gasteiger partial charge in [0, 0.05) is 54.6 Å². The van der Waals surface area contributed by atoms with Crippen molar-refractivity contribution >= 4 is 29.1 Å². The number of aromatic nitrogens is 2. The van der Waals surface area contributed by atoms with E-state index >= 15 is 0 Å². The van der Waals surface area contributed by atoms with Crippen molar-refractivity contribution in [3.63, 3.8) is 0 Å². The fourth-order valence-electron chi connectivity index (χ4n) is 4.25. The zero-order chi connectivity index (χ0) is 23.4. The van der Waals surface area contributed by atoms with Gasteiger partial charge in [-0.2, -0.15) is 0 Å². The smallest absolute Gasteiger partial charge is 0.321 e. The van der Waals surface area contributed by atoms with Crippen LogP contribution in [0.25, 0.3) is 0 Å². The molecule has 0 unspecified atom stereocenters. The van der Waals surface area contributed by atoms with Gasteiger partial charge in [-0.1, -0.05) is 35.9 Å². The normalized spacial score (nSPS) is 14.2. The maximum atomic E-state index is 12.9. The number of nitrogens with one attached hydrogen (secondary N) is 1. The number of hydrogen-bond acceptors (Lipinski definition) is 4. The molecule has 3 aromatic rings. The molecule has 172 valence electrons. The molecule has 33 heavy (non-hydrogen) atoms. The van der Waals surface area contributed by atoms with Crippen LogP contribution in [0.15, 0.2) is 48.5 Å². The second-order valence-corrected chi connectivity index (χ2v) is 9.03. The lowest BCUT2D eigenvalue weighted by Gasteiger charge is -2.26. The highest BCUT2D eigenvalue weighted by Gasteiger charge is 2.23. The van der Waals surface area contributed by atoms with Crippen LogP contribution >= 0.6 is 11.6 Å². The molecular formula is C26H30ClN5O. The van der Waals surface area contributed by atoms with E-state index in [-0.39, 0.29) is 6.03 Å². The Bertz CT molecular complexity index is 1130. The molecule has 4 rings (SSSR count). The molecule has 6 nitrogen and oxygen atoms in total. The van der Waals surface area contributed by atoms with E-state index < -0.39 is 0 Å². The fraction of sp³-hybridized carbons (Fsp3) is 0.346. The maximum absolute atomic E-state index is 12.9. The zero-order valence-electron chi connectivity index (χ0n) is 19.4. The highest BCUT2D eigenvalue weighted by atomic mass is 35.5. The summed E-state index contributed by atoms with van der Waals surface area (Å²) in [6.45, 7) is 8.92. The van der Waals surface area contributed by atoms with E-state index in [0.717, 1.165) is 65.1 Å². The van der Waals surface area contributed by atoms with E-state index in [2.05, 4.69) is 15.2 Å². The summed E-state index contributed by atoms with van der Waals surface area (Å²) in [7, 11) is 0. The van der Waals surface area contributed by atoms with E-state index in [0.29, 0.717) is 13.1 Å². The Kier molecular flexibility index (Phi) is 7.14. The van der Waals surface area contributed by atoms with Crippen LogP contribution in [-0.4, -0.2) is 47.1 Å². The number of amides is 2. The van der Waals surface area contributed by atoms with Crippen LogP contribution in [0.3, 0.4) is 0 Å². The lowest BCUT2D eigenvalue weighted by atomic mass is 10.0. The van der Waals surface area contributed by atoms with Crippen LogP contribution in [0.4, 0.5) is 16.3 Å². The molecule has 1 aromatic heterocycles.